The van der Waals surface area contributed by atoms with Crippen molar-refractivity contribution in [2.24, 2.45) is 5.92 Å². The summed E-state index contributed by atoms with van der Waals surface area (Å²) in [5, 5.41) is 4.10. The summed E-state index contributed by atoms with van der Waals surface area (Å²) < 4.78 is 5.42. The molecule has 2 rings (SSSR count). The molecule has 5 heteroatoms. The highest BCUT2D eigenvalue weighted by atomic mass is 35.5. The molecule has 0 radical (unpaired) electrons. The van der Waals surface area contributed by atoms with Gasteiger partial charge in [-0.2, -0.15) is 0 Å². The molecule has 1 fully saturated rings. The largest absolute Gasteiger partial charge is 0.381 e. The molecule has 118 valence electrons. The molecule has 4 nitrogen and oxygen atoms in total. The van der Waals surface area contributed by atoms with E-state index in [1.807, 2.05) is 12.1 Å². The third-order valence-corrected chi connectivity index (χ3v) is 4.19. The second-order valence-corrected chi connectivity index (χ2v) is 6.48. The molecule has 1 aromatic heterocycles. The lowest BCUT2D eigenvalue weighted by Gasteiger charge is -2.28. The van der Waals surface area contributed by atoms with Gasteiger partial charge in [-0.15, -0.1) is 0 Å². The van der Waals surface area contributed by atoms with E-state index in [4.69, 9.17) is 21.3 Å². The predicted molar refractivity (Wildman–Crippen MR) is 88.0 cm³/mol. The van der Waals surface area contributed by atoms with Crippen LogP contribution < -0.4 is 10.2 Å². The average molecular weight is 312 g/mol. The van der Waals surface area contributed by atoms with Crippen LogP contribution in [0.4, 0.5) is 5.82 Å². The molecule has 1 saturated heterocycles. The highest BCUT2D eigenvalue weighted by molar-refractivity contribution is 6.31. The highest BCUT2D eigenvalue weighted by Crippen LogP contribution is 2.22. The molecule has 0 bridgehead atoms. The van der Waals surface area contributed by atoms with Crippen molar-refractivity contribution in [3.63, 3.8) is 0 Å². The van der Waals surface area contributed by atoms with Crippen LogP contribution in [-0.2, 0) is 11.3 Å². The summed E-state index contributed by atoms with van der Waals surface area (Å²) in [5.41, 5.74) is 0.918. The van der Waals surface area contributed by atoms with E-state index in [-0.39, 0.29) is 0 Å². The number of rotatable bonds is 6. The quantitative estimate of drug-likeness (QED) is 0.876. The Morgan fingerprint density at radius 1 is 1.38 bits per heavy atom. The smallest absolute Gasteiger partial charge is 0.128 e. The van der Waals surface area contributed by atoms with E-state index >= 15 is 0 Å². The van der Waals surface area contributed by atoms with E-state index in [1.54, 1.807) is 0 Å². The second kappa shape index (κ2) is 7.97. The lowest BCUT2D eigenvalue weighted by molar-refractivity contribution is 0.0685. The Hall–Kier alpha value is -0.840. The van der Waals surface area contributed by atoms with Gasteiger partial charge in [0.25, 0.3) is 0 Å². The average Bonchev–Trinajstić information content (AvgIpc) is 2.47. The summed E-state index contributed by atoms with van der Waals surface area (Å²) in [4.78, 5) is 6.94. The van der Waals surface area contributed by atoms with Gasteiger partial charge in [0.05, 0.1) is 10.7 Å². The fraction of sp³-hybridized carbons (Fsp3) is 0.688. The molecule has 1 aliphatic heterocycles. The van der Waals surface area contributed by atoms with Crippen molar-refractivity contribution in [2.75, 3.05) is 31.7 Å². The number of ether oxygens (including phenoxy) is 1. The van der Waals surface area contributed by atoms with E-state index < -0.39 is 0 Å². The molecule has 0 unspecified atom stereocenters. The minimum atomic E-state index is 0.423. The van der Waals surface area contributed by atoms with Crippen LogP contribution in [-0.4, -0.2) is 37.8 Å². The number of pyridine rings is 1. The molecule has 2 heterocycles. The van der Waals surface area contributed by atoms with Crippen molar-refractivity contribution < 1.29 is 4.74 Å². The number of nitrogens with zero attached hydrogens (tertiary/aromatic N) is 2. The summed E-state index contributed by atoms with van der Waals surface area (Å²) in [7, 11) is 2.10. The zero-order chi connectivity index (χ0) is 15.2. The molecule has 0 spiro atoms. The molecule has 0 atom stereocenters. The van der Waals surface area contributed by atoms with E-state index in [2.05, 4.69) is 31.1 Å². The van der Waals surface area contributed by atoms with Gasteiger partial charge in [0.2, 0.25) is 0 Å². The minimum absolute atomic E-state index is 0.423. The van der Waals surface area contributed by atoms with Crippen LogP contribution in [0.5, 0.6) is 0 Å². The first-order valence-corrected chi connectivity index (χ1v) is 8.11. The maximum absolute atomic E-state index is 6.24. The van der Waals surface area contributed by atoms with Crippen LogP contribution >= 0.6 is 11.6 Å². The zero-order valence-corrected chi connectivity index (χ0v) is 14.0. The van der Waals surface area contributed by atoms with Crippen LogP contribution in [0.3, 0.4) is 0 Å². The minimum Gasteiger partial charge on any atom is -0.381 e. The van der Waals surface area contributed by atoms with Crippen molar-refractivity contribution >= 4 is 17.4 Å². The van der Waals surface area contributed by atoms with E-state index in [9.17, 15) is 0 Å². The van der Waals surface area contributed by atoms with Gasteiger partial charge in [-0.05, 0) is 30.9 Å². The van der Waals surface area contributed by atoms with Crippen molar-refractivity contribution in [2.45, 2.75) is 39.3 Å². The Balaban J connectivity index is 1.99. The maximum Gasteiger partial charge on any atom is 0.128 e. The first-order chi connectivity index (χ1) is 10.1. The Bertz CT molecular complexity index is 447. The summed E-state index contributed by atoms with van der Waals surface area (Å²) >= 11 is 6.24. The zero-order valence-electron chi connectivity index (χ0n) is 13.2. The molecule has 0 aliphatic carbocycles. The van der Waals surface area contributed by atoms with Gasteiger partial charge >= 0.3 is 0 Å². The van der Waals surface area contributed by atoms with Gasteiger partial charge in [-0.3, -0.25) is 0 Å². The fourth-order valence-corrected chi connectivity index (χ4v) is 2.69. The monoisotopic (exact) mass is 311 g/mol. The summed E-state index contributed by atoms with van der Waals surface area (Å²) in [6.07, 6.45) is 2.28. The molecule has 1 aliphatic rings. The van der Waals surface area contributed by atoms with Crippen molar-refractivity contribution in [1.29, 1.82) is 0 Å². The Morgan fingerprint density at radius 2 is 2.10 bits per heavy atom. The maximum atomic E-state index is 6.24. The predicted octanol–water partition coefficient (Wildman–Crippen LogP) is 3.10. The number of nitrogens with one attached hydrogen (secondary N) is 1. The molecular weight excluding hydrogens is 286 g/mol. The summed E-state index contributed by atoms with van der Waals surface area (Å²) in [6.45, 7) is 7.74. The van der Waals surface area contributed by atoms with Gasteiger partial charge in [0.1, 0.15) is 5.82 Å². The topological polar surface area (TPSA) is 37.4 Å². The molecule has 0 aromatic carbocycles. The highest BCUT2D eigenvalue weighted by Gasteiger charge is 2.17. The SMILES string of the molecule is CC(C)NCc1nc(N(C)CC2CCOCC2)ccc1Cl. The van der Waals surface area contributed by atoms with Gasteiger partial charge in [0.15, 0.2) is 0 Å². The first-order valence-electron chi connectivity index (χ1n) is 7.74. The van der Waals surface area contributed by atoms with Crippen LogP contribution in [0.1, 0.15) is 32.4 Å². The Morgan fingerprint density at radius 3 is 2.76 bits per heavy atom. The molecule has 21 heavy (non-hydrogen) atoms. The molecule has 0 saturated carbocycles. The second-order valence-electron chi connectivity index (χ2n) is 6.07. The molecule has 1 N–H and O–H groups in total. The molecule has 1 aromatic rings. The first kappa shape index (κ1) is 16.5. The van der Waals surface area contributed by atoms with E-state index in [0.717, 1.165) is 49.1 Å². The third-order valence-electron chi connectivity index (χ3n) is 3.85. The number of halogens is 1. The number of hydrogen-bond donors (Lipinski definition) is 1. The van der Waals surface area contributed by atoms with Crippen LogP contribution in [0.2, 0.25) is 5.02 Å². The Labute approximate surface area is 132 Å². The van der Waals surface area contributed by atoms with E-state index in [1.165, 1.54) is 0 Å². The van der Waals surface area contributed by atoms with Crippen molar-refractivity contribution in [3.05, 3.63) is 22.8 Å². The number of anilines is 1. The lowest BCUT2D eigenvalue weighted by Crippen LogP contribution is -2.30. The van der Waals surface area contributed by atoms with E-state index in [0.29, 0.717) is 18.5 Å². The lowest BCUT2D eigenvalue weighted by atomic mass is 10.00. The number of hydrogen-bond acceptors (Lipinski definition) is 4. The van der Waals surface area contributed by atoms with Crippen LogP contribution in [0.25, 0.3) is 0 Å². The Kier molecular flexibility index (Phi) is 6.27. The number of aromatic nitrogens is 1. The molecule has 0 amide bonds. The van der Waals surface area contributed by atoms with Gasteiger partial charge in [-0.1, -0.05) is 25.4 Å². The van der Waals surface area contributed by atoms with Gasteiger partial charge in [0, 0.05) is 39.4 Å². The van der Waals surface area contributed by atoms with Crippen molar-refractivity contribution in [3.8, 4) is 0 Å². The van der Waals surface area contributed by atoms with Gasteiger partial charge < -0.3 is 15.0 Å². The standard InChI is InChI=1S/C16H26ClN3O/c1-12(2)18-10-15-14(17)4-5-16(19-15)20(3)11-13-6-8-21-9-7-13/h4-5,12-13,18H,6-11H2,1-3H3. The summed E-state index contributed by atoms with van der Waals surface area (Å²) in [6, 6.07) is 4.37. The summed E-state index contributed by atoms with van der Waals surface area (Å²) in [5.74, 6) is 1.69. The third kappa shape index (κ3) is 5.13. The van der Waals surface area contributed by atoms with Crippen molar-refractivity contribution in [1.82, 2.24) is 10.3 Å². The normalized spacial score (nSPS) is 16.4. The van der Waals surface area contributed by atoms with Crippen LogP contribution in [0.15, 0.2) is 12.1 Å². The fourth-order valence-electron chi connectivity index (χ4n) is 2.52. The van der Waals surface area contributed by atoms with Crippen LogP contribution in [0, 0.1) is 5.92 Å². The van der Waals surface area contributed by atoms with Gasteiger partial charge in [-0.25, -0.2) is 4.98 Å². The molecular formula is C16H26ClN3O.